The van der Waals surface area contributed by atoms with E-state index in [1.54, 1.807) is 17.0 Å². The Morgan fingerprint density at radius 3 is 2.37 bits per heavy atom. The number of piperazine rings is 1. The van der Waals surface area contributed by atoms with E-state index in [9.17, 15) is 9.59 Å². The van der Waals surface area contributed by atoms with Crippen molar-refractivity contribution < 1.29 is 14.3 Å². The van der Waals surface area contributed by atoms with Gasteiger partial charge >= 0.3 is 6.09 Å². The zero-order valence-corrected chi connectivity index (χ0v) is 17.7. The van der Waals surface area contributed by atoms with Crippen molar-refractivity contribution >= 4 is 23.5 Å². The number of anilines is 2. The minimum Gasteiger partial charge on any atom is -0.447 e. The van der Waals surface area contributed by atoms with Gasteiger partial charge in [0.1, 0.15) is 12.4 Å². The van der Waals surface area contributed by atoms with E-state index in [0.717, 1.165) is 30.2 Å². The first-order chi connectivity index (χ1) is 14.4. The highest BCUT2D eigenvalue weighted by Crippen LogP contribution is 2.27. The molecule has 4 rings (SSSR count). The van der Waals surface area contributed by atoms with Crippen molar-refractivity contribution in [2.75, 3.05) is 42.6 Å². The summed E-state index contributed by atoms with van der Waals surface area (Å²) in [6.07, 6.45) is 1.54. The van der Waals surface area contributed by atoms with E-state index in [1.807, 2.05) is 36.2 Å². The molecule has 2 saturated heterocycles. The van der Waals surface area contributed by atoms with E-state index in [1.165, 1.54) is 0 Å². The van der Waals surface area contributed by atoms with Crippen LogP contribution in [0.3, 0.4) is 0 Å². The molecular weight excluding hydrogens is 380 g/mol. The van der Waals surface area contributed by atoms with Gasteiger partial charge in [0.05, 0.1) is 6.04 Å². The van der Waals surface area contributed by atoms with E-state index in [-0.39, 0.29) is 24.0 Å². The first-order valence-corrected chi connectivity index (χ1v) is 10.5. The average Bonchev–Trinajstić information content (AvgIpc) is 3.16. The number of hydrogen-bond acceptors (Lipinski definition) is 5. The number of cyclic esters (lactones) is 1. The Morgan fingerprint density at radius 1 is 1.07 bits per heavy atom. The fraction of sp³-hybridized carbons (Fsp3) is 0.435. The smallest absolute Gasteiger partial charge is 0.414 e. The molecule has 1 unspecified atom stereocenters. The van der Waals surface area contributed by atoms with Gasteiger partial charge in [0.2, 0.25) is 0 Å². The summed E-state index contributed by atoms with van der Waals surface area (Å²) in [7, 11) is 0. The van der Waals surface area contributed by atoms with Crippen molar-refractivity contribution in [1.29, 1.82) is 0 Å². The summed E-state index contributed by atoms with van der Waals surface area (Å²) in [4.78, 5) is 35.3. The molecule has 2 fully saturated rings. The number of benzene rings is 1. The van der Waals surface area contributed by atoms with E-state index < -0.39 is 0 Å². The summed E-state index contributed by atoms with van der Waals surface area (Å²) in [5.41, 5.74) is 2.54. The Morgan fingerprint density at radius 2 is 1.77 bits per heavy atom. The molecule has 0 aliphatic carbocycles. The number of carbonyl (C=O) groups excluding carboxylic acids is 2. The van der Waals surface area contributed by atoms with Crippen molar-refractivity contribution in [3.63, 3.8) is 0 Å². The molecule has 2 aliphatic rings. The number of aromatic nitrogens is 1. The molecule has 1 aromatic heterocycles. The van der Waals surface area contributed by atoms with Gasteiger partial charge in [0.25, 0.3) is 5.91 Å². The highest BCUT2D eigenvalue weighted by Gasteiger charge is 2.36. The largest absolute Gasteiger partial charge is 0.447 e. The van der Waals surface area contributed by atoms with Gasteiger partial charge in [-0.2, -0.15) is 0 Å². The molecule has 30 heavy (non-hydrogen) atoms. The Hall–Kier alpha value is -3.09. The van der Waals surface area contributed by atoms with Crippen LogP contribution in [0.5, 0.6) is 0 Å². The van der Waals surface area contributed by atoms with Crippen LogP contribution in [0.15, 0.2) is 42.6 Å². The van der Waals surface area contributed by atoms with E-state index in [0.29, 0.717) is 25.3 Å². The fourth-order valence-corrected chi connectivity index (χ4v) is 3.96. The van der Waals surface area contributed by atoms with E-state index >= 15 is 0 Å². The van der Waals surface area contributed by atoms with Crippen molar-refractivity contribution in [3.05, 3.63) is 53.7 Å². The quantitative estimate of drug-likeness (QED) is 0.776. The van der Waals surface area contributed by atoms with Crippen LogP contribution in [-0.4, -0.2) is 60.7 Å². The summed E-state index contributed by atoms with van der Waals surface area (Å²) in [5, 5.41) is 0. The second-order valence-electron chi connectivity index (χ2n) is 8.28. The summed E-state index contributed by atoms with van der Waals surface area (Å²) in [5.74, 6) is 1.26. The lowest BCUT2D eigenvalue weighted by atomic mass is 10.0. The molecule has 158 valence electrons. The van der Waals surface area contributed by atoms with Crippen LogP contribution in [0.1, 0.15) is 29.8 Å². The summed E-state index contributed by atoms with van der Waals surface area (Å²) in [6.45, 7) is 9.40. The molecule has 7 heteroatoms. The van der Waals surface area contributed by atoms with Crippen LogP contribution in [0.4, 0.5) is 16.3 Å². The third-order valence-electron chi connectivity index (χ3n) is 5.85. The Bertz CT molecular complexity index is 903. The van der Waals surface area contributed by atoms with Crippen molar-refractivity contribution in [2.24, 2.45) is 5.92 Å². The number of ether oxygens (including phenoxy) is 1. The number of carbonyl (C=O) groups is 2. The van der Waals surface area contributed by atoms with Gasteiger partial charge in [-0.05, 0) is 48.7 Å². The monoisotopic (exact) mass is 408 g/mol. The van der Waals surface area contributed by atoms with E-state index in [4.69, 9.17) is 4.74 Å². The van der Waals surface area contributed by atoms with Crippen LogP contribution in [0.25, 0.3) is 0 Å². The lowest BCUT2D eigenvalue weighted by Crippen LogP contribution is -2.49. The minimum atomic E-state index is -0.325. The first kappa shape index (κ1) is 20.2. The molecule has 1 aromatic carbocycles. The number of aryl methyl sites for hydroxylation is 1. The number of rotatable bonds is 4. The predicted molar refractivity (Wildman–Crippen MR) is 116 cm³/mol. The van der Waals surface area contributed by atoms with Crippen molar-refractivity contribution in [2.45, 2.75) is 26.8 Å². The predicted octanol–water partition coefficient (Wildman–Crippen LogP) is 3.33. The van der Waals surface area contributed by atoms with Crippen LogP contribution in [-0.2, 0) is 4.74 Å². The van der Waals surface area contributed by atoms with Gasteiger partial charge in [-0.1, -0.05) is 19.9 Å². The van der Waals surface area contributed by atoms with Crippen LogP contribution in [0.2, 0.25) is 0 Å². The molecule has 2 aromatic rings. The summed E-state index contributed by atoms with van der Waals surface area (Å²) in [6, 6.07) is 11.4. The maximum atomic E-state index is 12.9. The molecule has 3 heterocycles. The lowest BCUT2D eigenvalue weighted by molar-refractivity contribution is 0.0746. The molecule has 0 N–H and O–H groups in total. The molecule has 2 amide bonds. The molecule has 2 aliphatic heterocycles. The number of nitrogens with zero attached hydrogens (tertiary/aromatic N) is 4. The van der Waals surface area contributed by atoms with Crippen LogP contribution in [0, 0.1) is 12.8 Å². The van der Waals surface area contributed by atoms with Crippen LogP contribution >= 0.6 is 0 Å². The summed E-state index contributed by atoms with van der Waals surface area (Å²) < 4.78 is 5.22. The van der Waals surface area contributed by atoms with Gasteiger partial charge in [-0.3, -0.25) is 9.69 Å². The average molecular weight is 409 g/mol. The number of pyridine rings is 1. The molecule has 0 bridgehead atoms. The number of amides is 2. The van der Waals surface area contributed by atoms with Gasteiger partial charge in [-0.15, -0.1) is 0 Å². The standard InChI is InChI=1S/C23H28N4O3/c1-16(2)20-15-30-23(29)27(20)19-7-5-18(6-8-19)22(28)26-12-10-25(11-13-26)21-9-4-17(3)14-24-21/h4-9,14,16,20H,10-13,15H2,1-3H3. The van der Waals surface area contributed by atoms with Crippen molar-refractivity contribution in [1.82, 2.24) is 9.88 Å². The highest BCUT2D eigenvalue weighted by atomic mass is 16.6. The maximum absolute atomic E-state index is 12.9. The van der Waals surface area contributed by atoms with E-state index in [2.05, 4.69) is 29.8 Å². The van der Waals surface area contributed by atoms with Gasteiger partial charge in [-0.25, -0.2) is 9.78 Å². The molecule has 7 nitrogen and oxygen atoms in total. The Labute approximate surface area is 177 Å². The first-order valence-electron chi connectivity index (χ1n) is 10.5. The third-order valence-corrected chi connectivity index (χ3v) is 5.85. The normalized spacial score (nSPS) is 19.4. The zero-order chi connectivity index (χ0) is 21.3. The van der Waals surface area contributed by atoms with Gasteiger partial charge < -0.3 is 14.5 Å². The fourth-order valence-electron chi connectivity index (χ4n) is 3.96. The molecule has 0 saturated carbocycles. The Kier molecular flexibility index (Phi) is 5.61. The second-order valence-corrected chi connectivity index (χ2v) is 8.28. The zero-order valence-electron chi connectivity index (χ0n) is 17.7. The lowest BCUT2D eigenvalue weighted by Gasteiger charge is -2.35. The second kappa shape index (κ2) is 8.34. The molecule has 0 spiro atoms. The Balaban J connectivity index is 1.40. The highest BCUT2D eigenvalue weighted by molar-refractivity contribution is 5.96. The maximum Gasteiger partial charge on any atom is 0.414 e. The SMILES string of the molecule is Cc1ccc(N2CCN(C(=O)c3ccc(N4C(=O)OCC4C(C)C)cc3)CC2)nc1. The molecule has 1 atom stereocenters. The molecule has 0 radical (unpaired) electrons. The minimum absolute atomic E-state index is 0.0162. The third kappa shape index (κ3) is 3.97. The topological polar surface area (TPSA) is 66.0 Å². The van der Waals surface area contributed by atoms with Gasteiger partial charge in [0.15, 0.2) is 0 Å². The summed E-state index contributed by atoms with van der Waals surface area (Å²) >= 11 is 0. The van der Waals surface area contributed by atoms with Crippen molar-refractivity contribution in [3.8, 4) is 0 Å². The number of hydrogen-bond donors (Lipinski definition) is 0. The van der Waals surface area contributed by atoms with Crippen LogP contribution < -0.4 is 9.80 Å². The molecular formula is C23H28N4O3. The van der Waals surface area contributed by atoms with Gasteiger partial charge in [0, 0.05) is 43.6 Å².